The van der Waals surface area contributed by atoms with Gasteiger partial charge in [-0.05, 0) is 61.6 Å². The topological polar surface area (TPSA) is 29.5 Å². The molecule has 2 aliphatic rings. The van der Waals surface area contributed by atoms with Crippen LogP contribution in [0.4, 0.5) is 0 Å². The Bertz CT molecular complexity index is 458. The van der Waals surface area contributed by atoms with Crippen LogP contribution < -0.4 is 4.74 Å². The van der Waals surface area contributed by atoms with Crippen LogP contribution in [0.3, 0.4) is 0 Å². The first-order chi connectivity index (χ1) is 9.13. The van der Waals surface area contributed by atoms with Crippen molar-refractivity contribution >= 4 is 11.6 Å². The fourth-order valence-corrected chi connectivity index (χ4v) is 3.91. The molecule has 2 aliphatic carbocycles. The lowest BCUT2D eigenvalue weighted by Gasteiger charge is -2.22. The van der Waals surface area contributed by atoms with Crippen molar-refractivity contribution in [3.8, 4) is 5.75 Å². The first kappa shape index (κ1) is 13.3. The van der Waals surface area contributed by atoms with Gasteiger partial charge in [0.05, 0.1) is 17.7 Å². The molecule has 1 N–H and O–H groups in total. The van der Waals surface area contributed by atoms with E-state index in [1.54, 1.807) is 13.0 Å². The highest BCUT2D eigenvalue weighted by Crippen LogP contribution is 2.48. The summed E-state index contributed by atoms with van der Waals surface area (Å²) in [6.45, 7) is 2.52. The van der Waals surface area contributed by atoms with E-state index >= 15 is 0 Å². The van der Waals surface area contributed by atoms with E-state index in [9.17, 15) is 5.11 Å². The number of aliphatic hydroxyl groups is 1. The molecular formula is C16H21ClO2. The van der Waals surface area contributed by atoms with E-state index in [0.717, 1.165) is 29.8 Å². The molecule has 1 aromatic carbocycles. The van der Waals surface area contributed by atoms with Gasteiger partial charge in [0.1, 0.15) is 5.75 Å². The largest absolute Gasteiger partial charge is 0.492 e. The first-order valence-corrected chi connectivity index (χ1v) is 7.61. The predicted octanol–water partition coefficient (Wildman–Crippen LogP) is 4.21. The molecule has 0 amide bonds. The molecule has 3 heteroatoms. The number of halogens is 1. The number of benzene rings is 1. The van der Waals surface area contributed by atoms with Gasteiger partial charge in [-0.3, -0.25) is 0 Å². The van der Waals surface area contributed by atoms with E-state index in [1.165, 1.54) is 25.7 Å². The van der Waals surface area contributed by atoms with Crippen LogP contribution >= 0.6 is 11.6 Å². The second-order valence-corrected chi connectivity index (χ2v) is 6.52. The molecule has 2 bridgehead atoms. The molecule has 4 atom stereocenters. The normalized spacial score (nSPS) is 30.6. The highest BCUT2D eigenvalue weighted by Gasteiger charge is 2.39. The zero-order chi connectivity index (χ0) is 13.4. The molecule has 3 unspecified atom stereocenters. The molecule has 0 spiro atoms. The van der Waals surface area contributed by atoms with Gasteiger partial charge in [0, 0.05) is 0 Å². The van der Waals surface area contributed by atoms with Gasteiger partial charge in [-0.25, -0.2) is 0 Å². The molecule has 2 fully saturated rings. The van der Waals surface area contributed by atoms with Gasteiger partial charge in [-0.15, -0.1) is 0 Å². The summed E-state index contributed by atoms with van der Waals surface area (Å²) in [4.78, 5) is 0. The van der Waals surface area contributed by atoms with Crippen LogP contribution in [-0.2, 0) is 0 Å². The highest BCUT2D eigenvalue weighted by atomic mass is 35.5. The summed E-state index contributed by atoms with van der Waals surface area (Å²) in [6, 6.07) is 5.55. The first-order valence-electron chi connectivity index (χ1n) is 7.24. The number of ether oxygens (including phenoxy) is 1. The summed E-state index contributed by atoms with van der Waals surface area (Å²) in [5.41, 5.74) is 0.831. The van der Waals surface area contributed by atoms with E-state index in [1.807, 2.05) is 12.1 Å². The van der Waals surface area contributed by atoms with Gasteiger partial charge in [0.15, 0.2) is 0 Å². The molecule has 0 aromatic heterocycles. The van der Waals surface area contributed by atoms with Crippen molar-refractivity contribution < 1.29 is 9.84 Å². The van der Waals surface area contributed by atoms with Gasteiger partial charge >= 0.3 is 0 Å². The highest BCUT2D eigenvalue weighted by molar-refractivity contribution is 6.32. The Balaban J connectivity index is 1.61. The molecule has 0 radical (unpaired) electrons. The standard InChI is InChI=1S/C16H21ClO2/c1-10(18)12-4-5-16(15(17)8-12)19-9-14-7-11-2-3-13(14)6-11/h4-5,8,10-11,13-14,18H,2-3,6-7,9H2,1H3/t10-,11?,13?,14?/m0/s1. The van der Waals surface area contributed by atoms with E-state index in [0.29, 0.717) is 10.9 Å². The van der Waals surface area contributed by atoms with E-state index in [4.69, 9.17) is 16.3 Å². The minimum atomic E-state index is -0.489. The fourth-order valence-electron chi connectivity index (χ4n) is 3.67. The average molecular weight is 281 g/mol. The smallest absolute Gasteiger partial charge is 0.137 e. The van der Waals surface area contributed by atoms with Gasteiger partial charge < -0.3 is 9.84 Å². The van der Waals surface area contributed by atoms with Crippen LogP contribution in [0.25, 0.3) is 0 Å². The van der Waals surface area contributed by atoms with E-state index in [-0.39, 0.29) is 0 Å². The summed E-state index contributed by atoms with van der Waals surface area (Å²) in [5.74, 6) is 3.28. The lowest BCUT2D eigenvalue weighted by Crippen LogP contribution is -2.18. The van der Waals surface area contributed by atoms with Gasteiger partial charge in [-0.1, -0.05) is 24.1 Å². The molecule has 2 saturated carbocycles. The predicted molar refractivity (Wildman–Crippen MR) is 76.5 cm³/mol. The third-order valence-corrected chi connectivity index (χ3v) is 5.07. The van der Waals surface area contributed by atoms with Crippen molar-refractivity contribution in [2.24, 2.45) is 17.8 Å². The Hall–Kier alpha value is -0.730. The minimum Gasteiger partial charge on any atom is -0.492 e. The fraction of sp³-hybridized carbons (Fsp3) is 0.625. The number of rotatable bonds is 4. The number of fused-ring (bicyclic) bond motifs is 2. The maximum atomic E-state index is 9.51. The molecule has 1 aromatic rings. The lowest BCUT2D eigenvalue weighted by molar-refractivity contribution is 0.193. The lowest BCUT2D eigenvalue weighted by atomic mass is 9.89. The van der Waals surface area contributed by atoms with Gasteiger partial charge in [-0.2, -0.15) is 0 Å². The Labute approximate surface area is 119 Å². The van der Waals surface area contributed by atoms with E-state index in [2.05, 4.69) is 0 Å². The summed E-state index contributed by atoms with van der Waals surface area (Å²) < 4.78 is 5.89. The van der Waals surface area contributed by atoms with Gasteiger partial charge in [0.2, 0.25) is 0 Å². The third kappa shape index (κ3) is 2.75. The second kappa shape index (κ2) is 5.34. The number of hydrogen-bond acceptors (Lipinski definition) is 2. The molecule has 2 nitrogen and oxygen atoms in total. The Morgan fingerprint density at radius 2 is 2.21 bits per heavy atom. The van der Waals surface area contributed by atoms with E-state index < -0.39 is 6.10 Å². The van der Waals surface area contributed by atoms with Crippen LogP contribution in [0.2, 0.25) is 5.02 Å². The monoisotopic (exact) mass is 280 g/mol. The van der Waals surface area contributed by atoms with Crippen molar-refractivity contribution in [2.75, 3.05) is 6.61 Å². The molecule has 3 rings (SSSR count). The average Bonchev–Trinajstić information content (AvgIpc) is 2.99. The van der Waals surface area contributed by atoms with Crippen LogP contribution in [0.5, 0.6) is 5.75 Å². The summed E-state index contributed by atoms with van der Waals surface area (Å²) in [5, 5.41) is 10.1. The number of aliphatic hydroxyl groups excluding tert-OH is 1. The Morgan fingerprint density at radius 3 is 2.79 bits per heavy atom. The molecule has 0 saturated heterocycles. The summed E-state index contributed by atoms with van der Waals surface area (Å²) in [7, 11) is 0. The van der Waals surface area contributed by atoms with Crippen molar-refractivity contribution in [2.45, 2.75) is 38.7 Å². The summed E-state index contributed by atoms with van der Waals surface area (Å²) in [6.07, 6.45) is 5.05. The maximum absolute atomic E-state index is 9.51. The second-order valence-electron chi connectivity index (χ2n) is 6.11. The Kier molecular flexibility index (Phi) is 3.72. The Morgan fingerprint density at radius 1 is 1.37 bits per heavy atom. The summed E-state index contributed by atoms with van der Waals surface area (Å²) >= 11 is 6.20. The van der Waals surface area contributed by atoms with Crippen LogP contribution in [0.15, 0.2) is 18.2 Å². The van der Waals surface area contributed by atoms with Crippen LogP contribution in [-0.4, -0.2) is 11.7 Å². The van der Waals surface area contributed by atoms with Crippen molar-refractivity contribution in [3.63, 3.8) is 0 Å². The van der Waals surface area contributed by atoms with Crippen molar-refractivity contribution in [1.82, 2.24) is 0 Å². The molecule has 0 aliphatic heterocycles. The molecule has 0 heterocycles. The third-order valence-electron chi connectivity index (χ3n) is 4.78. The van der Waals surface area contributed by atoms with Crippen LogP contribution in [0, 0.1) is 17.8 Å². The maximum Gasteiger partial charge on any atom is 0.137 e. The SMILES string of the molecule is C[C@H](O)c1ccc(OCC2CC3CCC2C3)c(Cl)c1. The minimum absolute atomic E-state index is 0.489. The van der Waals surface area contributed by atoms with Crippen molar-refractivity contribution in [1.29, 1.82) is 0 Å². The zero-order valence-electron chi connectivity index (χ0n) is 11.3. The quantitative estimate of drug-likeness (QED) is 0.895. The van der Waals surface area contributed by atoms with Crippen molar-refractivity contribution in [3.05, 3.63) is 28.8 Å². The number of hydrogen-bond donors (Lipinski definition) is 1. The van der Waals surface area contributed by atoms with Gasteiger partial charge in [0.25, 0.3) is 0 Å². The molecule has 104 valence electrons. The molecular weight excluding hydrogens is 260 g/mol. The zero-order valence-corrected chi connectivity index (χ0v) is 12.1. The molecule has 19 heavy (non-hydrogen) atoms. The van der Waals surface area contributed by atoms with Crippen LogP contribution in [0.1, 0.15) is 44.3 Å².